The molecule has 0 saturated carbocycles. The highest BCUT2D eigenvalue weighted by Gasteiger charge is 2.14. The lowest BCUT2D eigenvalue weighted by Gasteiger charge is -2.12. The van der Waals surface area contributed by atoms with Gasteiger partial charge in [0.15, 0.2) is 18.1 Å². The normalized spacial score (nSPS) is 11.0. The Bertz CT molecular complexity index is 815. The van der Waals surface area contributed by atoms with Gasteiger partial charge >= 0.3 is 0 Å². The summed E-state index contributed by atoms with van der Waals surface area (Å²) in [6.07, 6.45) is 1.78. The van der Waals surface area contributed by atoms with Gasteiger partial charge in [-0.1, -0.05) is 29.3 Å². The molecule has 0 saturated heterocycles. The molecular weight excluding hydrogens is 371 g/mol. The lowest BCUT2D eigenvalue weighted by molar-refractivity contribution is 0.0921. The monoisotopic (exact) mass is 392 g/mol. The Balaban J connectivity index is 2.17. The highest BCUT2D eigenvalue weighted by atomic mass is 35.5. The Morgan fingerprint density at radius 1 is 1.19 bits per heavy atom. The highest BCUT2D eigenvalue weighted by molar-refractivity contribution is 6.37. The van der Waals surface area contributed by atoms with Gasteiger partial charge in [0, 0.05) is 19.2 Å². The quantitative estimate of drug-likeness (QED) is 0.355. The van der Waals surface area contributed by atoms with E-state index in [0.29, 0.717) is 21.4 Å². The third kappa shape index (κ3) is 4.99. The largest absolute Gasteiger partial charge is 0.482 e. The summed E-state index contributed by atoms with van der Waals surface area (Å²) in [5.41, 5.74) is 3.22. The van der Waals surface area contributed by atoms with Crippen LogP contribution in [0.15, 0.2) is 35.3 Å². The van der Waals surface area contributed by atoms with E-state index in [-0.39, 0.29) is 12.4 Å². The van der Waals surface area contributed by atoms with E-state index in [1.54, 1.807) is 24.5 Å². The van der Waals surface area contributed by atoms with Crippen molar-refractivity contribution in [3.05, 3.63) is 57.1 Å². The van der Waals surface area contributed by atoms with E-state index < -0.39 is 0 Å². The number of hydrogen-bond donors (Lipinski definition) is 0. The molecule has 0 unspecified atom stereocenters. The average molecular weight is 393 g/mol. The maximum Gasteiger partial charge on any atom is 0.200 e. The van der Waals surface area contributed by atoms with Crippen LogP contribution in [0.3, 0.4) is 0 Å². The Morgan fingerprint density at radius 3 is 2.46 bits per heavy atom. The van der Waals surface area contributed by atoms with Crippen LogP contribution in [-0.4, -0.2) is 37.2 Å². The molecule has 0 spiro atoms. The van der Waals surface area contributed by atoms with Crippen molar-refractivity contribution in [3.63, 3.8) is 0 Å². The van der Waals surface area contributed by atoms with Crippen LogP contribution < -0.4 is 4.74 Å². The molecule has 2 rings (SSSR count). The second-order valence-corrected chi connectivity index (χ2v) is 6.85. The van der Waals surface area contributed by atoms with Crippen molar-refractivity contribution in [1.82, 2.24) is 4.90 Å². The Kier molecular flexibility index (Phi) is 7.06. The van der Waals surface area contributed by atoms with Gasteiger partial charge in [-0.2, -0.15) is 0 Å². The first kappa shape index (κ1) is 20.3. The van der Waals surface area contributed by atoms with E-state index >= 15 is 0 Å². The van der Waals surface area contributed by atoms with Gasteiger partial charge in [0.1, 0.15) is 0 Å². The molecular formula is C20H22Cl2N2O2. The molecule has 2 aromatic rings. The summed E-state index contributed by atoms with van der Waals surface area (Å²) in [5, 5.41) is 0.755. The number of carbonyl (C=O) groups excluding carboxylic acids is 1. The van der Waals surface area contributed by atoms with E-state index in [1.165, 1.54) is 0 Å². The van der Waals surface area contributed by atoms with Crippen LogP contribution >= 0.6 is 23.2 Å². The molecule has 0 aliphatic rings. The van der Waals surface area contributed by atoms with Crippen LogP contribution in [0, 0.1) is 13.8 Å². The molecule has 0 aliphatic carbocycles. The Morgan fingerprint density at radius 2 is 1.85 bits per heavy atom. The fourth-order valence-electron chi connectivity index (χ4n) is 2.32. The molecule has 0 aliphatic heterocycles. The van der Waals surface area contributed by atoms with Gasteiger partial charge in [-0.25, -0.2) is 4.99 Å². The average Bonchev–Trinajstić information content (AvgIpc) is 2.61. The molecule has 26 heavy (non-hydrogen) atoms. The van der Waals surface area contributed by atoms with Gasteiger partial charge < -0.3 is 9.64 Å². The number of halogens is 2. The molecule has 0 atom stereocenters. The third-order valence-corrected chi connectivity index (χ3v) is 4.60. The molecule has 2 aromatic carbocycles. The van der Waals surface area contributed by atoms with Crippen LogP contribution in [0.5, 0.6) is 5.75 Å². The van der Waals surface area contributed by atoms with Gasteiger partial charge in [-0.3, -0.25) is 4.79 Å². The van der Waals surface area contributed by atoms with Crippen LogP contribution in [0.2, 0.25) is 10.0 Å². The molecule has 138 valence electrons. The van der Waals surface area contributed by atoms with E-state index in [0.717, 1.165) is 23.4 Å². The zero-order chi connectivity index (χ0) is 19.3. The lowest BCUT2D eigenvalue weighted by Crippen LogP contribution is -2.15. The number of hydrogen-bond acceptors (Lipinski definition) is 3. The van der Waals surface area contributed by atoms with Gasteiger partial charge in [-0.05, 0) is 56.2 Å². The molecule has 0 amide bonds. The molecule has 0 fully saturated rings. The van der Waals surface area contributed by atoms with E-state index in [2.05, 4.69) is 11.9 Å². The smallest absolute Gasteiger partial charge is 0.200 e. The molecule has 0 aromatic heterocycles. The van der Waals surface area contributed by atoms with Crippen molar-refractivity contribution in [2.75, 3.05) is 20.2 Å². The molecule has 4 nitrogen and oxygen atoms in total. The number of Topliss-reactive ketones (excluding diaryl/α,β-unsaturated/α-hetero) is 1. The zero-order valence-corrected chi connectivity index (χ0v) is 16.9. The summed E-state index contributed by atoms with van der Waals surface area (Å²) in [7, 11) is 1.96. The fraction of sp³-hybridized carbons (Fsp3) is 0.300. The van der Waals surface area contributed by atoms with Crippen molar-refractivity contribution in [3.8, 4) is 5.75 Å². The van der Waals surface area contributed by atoms with Crippen LogP contribution in [0.25, 0.3) is 0 Å². The number of carbonyl (C=O) groups is 1. The first-order chi connectivity index (χ1) is 12.3. The second kappa shape index (κ2) is 9.06. The molecule has 0 N–H and O–H groups in total. The molecule has 0 heterocycles. The highest BCUT2D eigenvalue weighted by Crippen LogP contribution is 2.32. The Labute approximate surface area is 164 Å². The van der Waals surface area contributed by atoms with Crippen molar-refractivity contribution >= 4 is 41.0 Å². The summed E-state index contributed by atoms with van der Waals surface area (Å²) in [6.45, 7) is 6.61. The maximum atomic E-state index is 12.6. The number of ether oxygens (including phenoxy) is 1. The SMILES string of the molecule is CCN(C)/C=N\c1cc(C)c(C(=O)COc2c(Cl)cccc2Cl)cc1C. The number of para-hydroxylation sites is 1. The van der Waals surface area contributed by atoms with Gasteiger partial charge in [0.05, 0.1) is 22.1 Å². The summed E-state index contributed by atoms with van der Waals surface area (Å²) >= 11 is 12.1. The number of ketones is 1. The summed E-state index contributed by atoms with van der Waals surface area (Å²) in [4.78, 5) is 19.0. The minimum atomic E-state index is -0.136. The van der Waals surface area contributed by atoms with Crippen LogP contribution in [-0.2, 0) is 0 Å². The van der Waals surface area contributed by atoms with E-state index in [1.807, 2.05) is 37.9 Å². The topological polar surface area (TPSA) is 41.9 Å². The predicted octanol–water partition coefficient (Wildman–Crippen LogP) is 5.48. The van der Waals surface area contributed by atoms with Crippen molar-refractivity contribution in [2.45, 2.75) is 20.8 Å². The first-order valence-corrected chi connectivity index (χ1v) is 9.04. The number of aryl methyl sites for hydroxylation is 2. The number of aliphatic imine (C=N–C) groups is 1. The minimum absolute atomic E-state index is 0.134. The number of rotatable bonds is 7. The van der Waals surface area contributed by atoms with E-state index in [4.69, 9.17) is 27.9 Å². The summed E-state index contributed by atoms with van der Waals surface area (Å²) < 4.78 is 5.55. The Hall–Kier alpha value is -2.04. The summed E-state index contributed by atoms with van der Waals surface area (Å²) in [5.74, 6) is 0.185. The standard InChI is InChI=1S/C20H22Cl2N2O2/c1-5-24(4)12-23-18-10-13(2)15(9-14(18)3)19(25)11-26-20-16(21)7-6-8-17(20)22/h6-10,12H,5,11H2,1-4H3/b23-12-. The predicted molar refractivity (Wildman–Crippen MR) is 109 cm³/mol. The van der Waals surface area contributed by atoms with Gasteiger partial charge in [-0.15, -0.1) is 0 Å². The zero-order valence-electron chi connectivity index (χ0n) is 15.3. The number of benzene rings is 2. The third-order valence-electron chi connectivity index (χ3n) is 4.00. The summed E-state index contributed by atoms with van der Waals surface area (Å²) in [6, 6.07) is 8.81. The fourth-order valence-corrected chi connectivity index (χ4v) is 2.83. The van der Waals surface area contributed by atoms with Crippen LogP contribution in [0.1, 0.15) is 28.4 Å². The lowest BCUT2D eigenvalue weighted by atomic mass is 10.0. The van der Waals surface area contributed by atoms with Crippen molar-refractivity contribution < 1.29 is 9.53 Å². The second-order valence-electron chi connectivity index (χ2n) is 6.03. The van der Waals surface area contributed by atoms with Gasteiger partial charge in [0.25, 0.3) is 0 Å². The molecule has 0 radical (unpaired) electrons. The number of nitrogens with zero attached hydrogens (tertiary/aromatic N) is 2. The van der Waals surface area contributed by atoms with Gasteiger partial charge in [0.2, 0.25) is 0 Å². The molecule has 6 heteroatoms. The minimum Gasteiger partial charge on any atom is -0.482 e. The van der Waals surface area contributed by atoms with Crippen molar-refractivity contribution in [1.29, 1.82) is 0 Å². The van der Waals surface area contributed by atoms with Crippen LogP contribution in [0.4, 0.5) is 5.69 Å². The van der Waals surface area contributed by atoms with Crippen molar-refractivity contribution in [2.24, 2.45) is 4.99 Å². The first-order valence-electron chi connectivity index (χ1n) is 8.29. The molecule has 0 bridgehead atoms. The maximum absolute atomic E-state index is 12.6. The van der Waals surface area contributed by atoms with E-state index in [9.17, 15) is 4.79 Å².